The number of aryl methyl sites for hydroxylation is 1. The molecule has 0 fully saturated rings. The van der Waals surface area contributed by atoms with E-state index in [-0.39, 0.29) is 11.6 Å². The summed E-state index contributed by atoms with van der Waals surface area (Å²) in [5, 5.41) is 8.99. The Morgan fingerprint density at radius 2 is 2.16 bits per heavy atom. The smallest absolute Gasteiger partial charge is 0.310 e. The fraction of sp³-hybridized carbons (Fsp3) is 0.636. The molecule has 1 aromatic heterocycles. The maximum absolute atomic E-state index is 12.0. The topological polar surface area (TPSA) is 101 Å². The average molecular weight is 289 g/mol. The van der Waals surface area contributed by atoms with E-state index in [1.165, 1.54) is 19.4 Å². The molecule has 0 bridgehead atoms. The van der Waals surface area contributed by atoms with Crippen LogP contribution in [0.5, 0.6) is 0 Å². The molecule has 0 saturated carbocycles. The van der Waals surface area contributed by atoms with Crippen molar-refractivity contribution in [2.24, 2.45) is 5.41 Å². The summed E-state index contributed by atoms with van der Waals surface area (Å²) < 4.78 is 27.9. The molecule has 1 unspecified atom stereocenters. The zero-order valence-corrected chi connectivity index (χ0v) is 12.1. The van der Waals surface area contributed by atoms with Gasteiger partial charge in [0.05, 0.1) is 11.7 Å². The van der Waals surface area contributed by atoms with E-state index in [0.717, 1.165) is 0 Å². The minimum absolute atomic E-state index is 0.0989. The molecule has 1 heterocycles. The third-order valence-electron chi connectivity index (χ3n) is 3.20. The van der Waals surface area contributed by atoms with Crippen LogP contribution in [0.25, 0.3) is 0 Å². The van der Waals surface area contributed by atoms with Gasteiger partial charge in [-0.3, -0.25) is 4.79 Å². The fourth-order valence-corrected chi connectivity index (χ4v) is 2.45. The van der Waals surface area contributed by atoms with Crippen LogP contribution in [-0.2, 0) is 21.4 Å². The number of carbonyl (C=O) groups is 1. The van der Waals surface area contributed by atoms with Gasteiger partial charge in [-0.1, -0.05) is 6.92 Å². The van der Waals surface area contributed by atoms with Gasteiger partial charge in [0.15, 0.2) is 5.03 Å². The largest absolute Gasteiger partial charge is 0.481 e. The highest BCUT2D eigenvalue weighted by atomic mass is 32.2. The molecule has 0 aromatic carbocycles. The minimum Gasteiger partial charge on any atom is -0.481 e. The third kappa shape index (κ3) is 3.54. The third-order valence-corrected chi connectivity index (χ3v) is 4.48. The van der Waals surface area contributed by atoms with E-state index in [4.69, 9.17) is 5.11 Å². The molecular formula is C11H19N3O4S. The summed E-state index contributed by atoms with van der Waals surface area (Å²) in [6.45, 7) is 5.52. The predicted molar refractivity (Wildman–Crippen MR) is 69.1 cm³/mol. The van der Waals surface area contributed by atoms with Crippen molar-refractivity contribution in [2.45, 2.75) is 38.8 Å². The molecule has 0 aliphatic rings. The Balaban J connectivity index is 2.83. The lowest BCUT2D eigenvalue weighted by Gasteiger charge is -2.22. The number of rotatable bonds is 7. The molecule has 7 nitrogen and oxygen atoms in total. The predicted octanol–water partition coefficient (Wildman–Crippen LogP) is 0.682. The second kappa shape index (κ2) is 5.70. The van der Waals surface area contributed by atoms with E-state index in [0.29, 0.717) is 13.0 Å². The molecule has 1 atom stereocenters. The first-order valence-electron chi connectivity index (χ1n) is 6.00. The van der Waals surface area contributed by atoms with Crippen molar-refractivity contribution in [3.63, 3.8) is 0 Å². The van der Waals surface area contributed by atoms with Crippen molar-refractivity contribution in [1.82, 2.24) is 14.3 Å². The summed E-state index contributed by atoms with van der Waals surface area (Å²) in [6, 6.07) is 0. The molecule has 0 amide bonds. The highest BCUT2D eigenvalue weighted by Gasteiger charge is 2.33. The van der Waals surface area contributed by atoms with Crippen molar-refractivity contribution < 1.29 is 18.3 Å². The van der Waals surface area contributed by atoms with Gasteiger partial charge < -0.3 is 9.67 Å². The average Bonchev–Trinajstić information content (AvgIpc) is 2.85. The van der Waals surface area contributed by atoms with Crippen LogP contribution in [0.2, 0.25) is 0 Å². The number of nitrogens with zero attached hydrogens (tertiary/aromatic N) is 2. The number of hydrogen-bond acceptors (Lipinski definition) is 4. The molecule has 1 aromatic rings. The summed E-state index contributed by atoms with van der Waals surface area (Å²) in [5.41, 5.74) is -1.12. The van der Waals surface area contributed by atoms with Crippen molar-refractivity contribution >= 4 is 16.0 Å². The Morgan fingerprint density at radius 1 is 1.53 bits per heavy atom. The molecule has 1 rings (SSSR count). The number of imidazole rings is 1. The quantitative estimate of drug-likeness (QED) is 0.768. The number of nitrogens with one attached hydrogen (secondary N) is 1. The van der Waals surface area contributed by atoms with Gasteiger partial charge in [0, 0.05) is 19.3 Å². The summed E-state index contributed by atoms with van der Waals surface area (Å²) >= 11 is 0. The summed E-state index contributed by atoms with van der Waals surface area (Å²) in [4.78, 5) is 14.9. The second-order valence-corrected chi connectivity index (χ2v) is 6.30. The fourth-order valence-electron chi connectivity index (χ4n) is 1.33. The van der Waals surface area contributed by atoms with Crippen molar-refractivity contribution in [2.75, 3.05) is 6.54 Å². The van der Waals surface area contributed by atoms with E-state index in [9.17, 15) is 13.2 Å². The zero-order valence-electron chi connectivity index (χ0n) is 11.3. The normalized spacial score (nSPS) is 15.1. The number of hydrogen-bond donors (Lipinski definition) is 2. The van der Waals surface area contributed by atoms with Crippen LogP contribution in [0.15, 0.2) is 17.6 Å². The highest BCUT2D eigenvalue weighted by Crippen LogP contribution is 2.20. The maximum atomic E-state index is 12.0. The molecule has 0 radical (unpaired) electrons. The van der Waals surface area contributed by atoms with Crippen molar-refractivity contribution in [3.8, 4) is 0 Å². The molecule has 0 spiro atoms. The molecular weight excluding hydrogens is 270 g/mol. The number of sulfonamides is 1. The lowest BCUT2D eigenvalue weighted by atomic mass is 9.88. The monoisotopic (exact) mass is 289 g/mol. The van der Waals surface area contributed by atoms with Crippen LogP contribution in [0.4, 0.5) is 0 Å². The summed E-state index contributed by atoms with van der Waals surface area (Å²) in [5.74, 6) is -1.03. The zero-order chi connectivity index (χ0) is 14.7. The van der Waals surface area contributed by atoms with Crippen molar-refractivity contribution in [1.29, 1.82) is 0 Å². The summed E-state index contributed by atoms with van der Waals surface area (Å²) in [6.07, 6.45) is 3.16. The lowest BCUT2D eigenvalue weighted by Crippen LogP contribution is -2.40. The number of carboxylic acid groups (broad SMARTS) is 1. The molecule has 8 heteroatoms. The van der Waals surface area contributed by atoms with Gasteiger partial charge >= 0.3 is 5.97 Å². The molecule has 108 valence electrons. The van der Waals surface area contributed by atoms with Gasteiger partial charge in [0.1, 0.15) is 0 Å². The van der Waals surface area contributed by atoms with E-state index in [2.05, 4.69) is 9.71 Å². The first-order valence-corrected chi connectivity index (χ1v) is 7.48. The molecule has 0 aliphatic carbocycles. The van der Waals surface area contributed by atoms with Crippen LogP contribution in [0, 0.1) is 5.41 Å². The second-order valence-electron chi connectivity index (χ2n) is 4.59. The van der Waals surface area contributed by atoms with Crippen LogP contribution in [0.1, 0.15) is 27.2 Å². The van der Waals surface area contributed by atoms with E-state index < -0.39 is 21.4 Å². The Morgan fingerprint density at radius 3 is 2.58 bits per heavy atom. The minimum atomic E-state index is -3.77. The number of aromatic nitrogens is 2. The van der Waals surface area contributed by atoms with Crippen molar-refractivity contribution in [3.05, 3.63) is 12.5 Å². The van der Waals surface area contributed by atoms with E-state index in [1.54, 1.807) is 11.5 Å². The Bertz CT molecular complexity index is 552. The SMILES string of the molecule is CCn1cnc(S(=O)(=O)NCC(C)(CC)C(=O)O)c1. The van der Waals surface area contributed by atoms with Crippen LogP contribution in [0.3, 0.4) is 0 Å². The first-order chi connectivity index (χ1) is 8.75. The van der Waals surface area contributed by atoms with Crippen LogP contribution in [-0.4, -0.2) is 35.6 Å². The Kier molecular flexibility index (Phi) is 4.70. The van der Waals surface area contributed by atoms with Crippen LogP contribution >= 0.6 is 0 Å². The van der Waals surface area contributed by atoms with Gasteiger partial charge in [0.2, 0.25) is 0 Å². The standard InChI is InChI=1S/C11H19N3O4S/c1-4-11(3,10(15)16)7-13-19(17,18)9-6-14(5-2)8-12-9/h6,8,13H,4-5,7H2,1-3H3,(H,15,16). The van der Waals surface area contributed by atoms with Gasteiger partial charge in [0.25, 0.3) is 10.0 Å². The van der Waals surface area contributed by atoms with Gasteiger partial charge in [-0.15, -0.1) is 0 Å². The van der Waals surface area contributed by atoms with Gasteiger partial charge in [-0.05, 0) is 20.3 Å². The van der Waals surface area contributed by atoms with E-state index >= 15 is 0 Å². The first kappa shape index (κ1) is 15.6. The Labute approximate surface area is 112 Å². The van der Waals surface area contributed by atoms with Gasteiger partial charge in [-0.2, -0.15) is 0 Å². The summed E-state index contributed by atoms with van der Waals surface area (Å²) in [7, 11) is -3.77. The van der Waals surface area contributed by atoms with Gasteiger partial charge in [-0.25, -0.2) is 18.1 Å². The Hall–Kier alpha value is -1.41. The molecule has 2 N–H and O–H groups in total. The molecule has 0 aliphatic heterocycles. The highest BCUT2D eigenvalue weighted by molar-refractivity contribution is 7.89. The molecule has 19 heavy (non-hydrogen) atoms. The maximum Gasteiger partial charge on any atom is 0.310 e. The lowest BCUT2D eigenvalue weighted by molar-refractivity contribution is -0.147. The van der Waals surface area contributed by atoms with Crippen LogP contribution < -0.4 is 4.72 Å². The number of aliphatic carboxylic acids is 1. The van der Waals surface area contributed by atoms with E-state index in [1.807, 2.05) is 6.92 Å². The molecule has 0 saturated heterocycles. The number of carboxylic acids is 1.